The smallest absolute Gasteiger partial charge is 0.435 e. The van der Waals surface area contributed by atoms with Crippen molar-refractivity contribution >= 4 is 17.5 Å². The van der Waals surface area contributed by atoms with Gasteiger partial charge in [-0.25, -0.2) is 0 Å². The number of ether oxygens (including phenoxy) is 1. The second kappa shape index (κ2) is 9.87. The molecule has 0 saturated heterocycles. The Hall–Kier alpha value is -3.00. The number of hydrogen-bond acceptors (Lipinski definition) is 3. The molecule has 1 aromatic heterocycles. The van der Waals surface area contributed by atoms with Gasteiger partial charge in [0.05, 0.1) is 5.02 Å². The van der Waals surface area contributed by atoms with Gasteiger partial charge in [-0.05, 0) is 55.2 Å². The molecular weight excluding hydrogens is 455 g/mol. The predicted octanol–water partition coefficient (Wildman–Crippen LogP) is 5.83. The lowest BCUT2D eigenvalue weighted by molar-refractivity contribution is -0.141. The third-order valence-corrected chi connectivity index (χ3v) is 5.66. The Morgan fingerprint density at radius 2 is 1.94 bits per heavy atom. The van der Waals surface area contributed by atoms with Crippen LogP contribution < -0.4 is 10.1 Å². The summed E-state index contributed by atoms with van der Waals surface area (Å²) < 4.78 is 46.1. The molecule has 5 nitrogen and oxygen atoms in total. The van der Waals surface area contributed by atoms with Gasteiger partial charge in [0, 0.05) is 30.3 Å². The Morgan fingerprint density at radius 3 is 2.67 bits per heavy atom. The lowest BCUT2D eigenvalue weighted by atomic mass is 10.1. The van der Waals surface area contributed by atoms with E-state index in [2.05, 4.69) is 10.4 Å². The molecule has 1 aliphatic carbocycles. The van der Waals surface area contributed by atoms with Crippen molar-refractivity contribution in [3.05, 3.63) is 82.1 Å². The standard InChI is InChI=1S/C24H23ClF3N3O2/c25-19-7-1-2-8-21(19)33-15-16-5-3-6-18(13-16)23(32)29-11-4-12-31-20(17-9-10-17)14-22(30-31)24(26,27)28/h1-3,5-8,13-14,17H,4,9-12,15H2,(H,29,32). The van der Waals surface area contributed by atoms with E-state index in [0.29, 0.717) is 41.5 Å². The third kappa shape index (κ3) is 6.07. The number of nitrogens with zero attached hydrogens (tertiary/aromatic N) is 2. The maximum Gasteiger partial charge on any atom is 0.435 e. The molecule has 9 heteroatoms. The van der Waals surface area contributed by atoms with Gasteiger partial charge in [-0.2, -0.15) is 18.3 Å². The number of nitrogens with one attached hydrogen (secondary N) is 1. The zero-order chi connectivity index (χ0) is 23.4. The summed E-state index contributed by atoms with van der Waals surface area (Å²) in [5, 5.41) is 7.06. The van der Waals surface area contributed by atoms with Crippen molar-refractivity contribution in [3.8, 4) is 5.75 Å². The molecule has 1 aliphatic rings. The Bertz CT molecular complexity index is 1130. The van der Waals surface area contributed by atoms with Crippen molar-refractivity contribution < 1.29 is 22.7 Å². The molecule has 3 aromatic rings. The Kier molecular flexibility index (Phi) is 6.93. The fourth-order valence-corrected chi connectivity index (χ4v) is 3.70. The van der Waals surface area contributed by atoms with Crippen LogP contribution in [0.4, 0.5) is 13.2 Å². The number of hydrogen-bond donors (Lipinski definition) is 1. The highest BCUT2D eigenvalue weighted by Gasteiger charge is 2.37. The van der Waals surface area contributed by atoms with E-state index in [1.54, 1.807) is 30.3 Å². The summed E-state index contributed by atoms with van der Waals surface area (Å²) >= 11 is 6.09. The molecule has 0 bridgehead atoms. The van der Waals surface area contributed by atoms with Crippen LogP contribution in [-0.4, -0.2) is 22.2 Å². The molecule has 0 atom stereocenters. The monoisotopic (exact) mass is 477 g/mol. The Labute approximate surface area is 194 Å². The van der Waals surface area contributed by atoms with Gasteiger partial charge in [0.25, 0.3) is 5.91 Å². The summed E-state index contributed by atoms with van der Waals surface area (Å²) in [7, 11) is 0. The molecular formula is C24H23ClF3N3O2. The van der Waals surface area contributed by atoms with E-state index in [1.165, 1.54) is 4.68 Å². The second-order valence-electron chi connectivity index (χ2n) is 7.98. The van der Waals surface area contributed by atoms with Crippen molar-refractivity contribution in [2.24, 2.45) is 0 Å². The van der Waals surface area contributed by atoms with E-state index < -0.39 is 11.9 Å². The van der Waals surface area contributed by atoms with Crippen LogP contribution in [0.25, 0.3) is 0 Å². The van der Waals surface area contributed by atoms with Crippen LogP contribution in [0.5, 0.6) is 5.75 Å². The highest BCUT2D eigenvalue weighted by molar-refractivity contribution is 6.32. The molecule has 0 radical (unpaired) electrons. The van der Waals surface area contributed by atoms with Gasteiger partial charge in [-0.1, -0.05) is 35.9 Å². The molecule has 1 saturated carbocycles. The van der Waals surface area contributed by atoms with Crippen molar-refractivity contribution in [1.82, 2.24) is 15.1 Å². The number of rotatable bonds is 9. The molecule has 0 aliphatic heterocycles. The summed E-state index contributed by atoms with van der Waals surface area (Å²) in [5.74, 6) is 0.458. The number of amides is 1. The first kappa shape index (κ1) is 23.2. The number of benzene rings is 2. The first-order chi connectivity index (χ1) is 15.8. The predicted molar refractivity (Wildman–Crippen MR) is 118 cm³/mol. The SMILES string of the molecule is O=C(NCCCn1nc(C(F)(F)F)cc1C1CC1)c1cccc(COc2ccccc2Cl)c1. The van der Waals surface area contributed by atoms with Crippen molar-refractivity contribution in [2.75, 3.05) is 6.54 Å². The minimum Gasteiger partial charge on any atom is -0.487 e. The van der Waals surface area contributed by atoms with Gasteiger partial charge in [-0.3, -0.25) is 9.48 Å². The Balaban J connectivity index is 1.29. The molecule has 0 unspecified atom stereocenters. The molecule has 2 aromatic carbocycles. The van der Waals surface area contributed by atoms with Crippen LogP contribution in [0.1, 0.15) is 52.5 Å². The van der Waals surface area contributed by atoms with Crippen LogP contribution in [-0.2, 0) is 19.3 Å². The van der Waals surface area contributed by atoms with Crippen LogP contribution in [0.3, 0.4) is 0 Å². The highest BCUT2D eigenvalue weighted by Crippen LogP contribution is 2.42. The van der Waals surface area contributed by atoms with Crippen LogP contribution in [0.15, 0.2) is 54.6 Å². The van der Waals surface area contributed by atoms with E-state index >= 15 is 0 Å². The number of aryl methyl sites for hydroxylation is 1. The lowest BCUT2D eigenvalue weighted by Gasteiger charge is -2.10. The largest absolute Gasteiger partial charge is 0.487 e. The molecule has 4 rings (SSSR count). The third-order valence-electron chi connectivity index (χ3n) is 5.35. The normalized spacial score (nSPS) is 13.7. The van der Waals surface area contributed by atoms with E-state index in [4.69, 9.17) is 16.3 Å². The number of carbonyl (C=O) groups excluding carboxylic acids is 1. The van der Waals surface area contributed by atoms with Crippen molar-refractivity contribution in [2.45, 2.75) is 44.5 Å². The summed E-state index contributed by atoms with van der Waals surface area (Å²) in [6.07, 6.45) is -2.21. The average molecular weight is 478 g/mol. The number of para-hydroxylation sites is 1. The van der Waals surface area contributed by atoms with Crippen LogP contribution in [0.2, 0.25) is 5.02 Å². The van der Waals surface area contributed by atoms with Gasteiger partial charge in [0.1, 0.15) is 12.4 Å². The zero-order valence-corrected chi connectivity index (χ0v) is 18.5. The summed E-state index contributed by atoms with van der Waals surface area (Å²) in [4.78, 5) is 12.5. The molecule has 1 fully saturated rings. The van der Waals surface area contributed by atoms with Gasteiger partial charge in [0.15, 0.2) is 5.69 Å². The van der Waals surface area contributed by atoms with E-state index in [-0.39, 0.29) is 18.4 Å². The van der Waals surface area contributed by atoms with E-state index in [9.17, 15) is 18.0 Å². The maximum atomic E-state index is 13.0. The minimum absolute atomic E-state index is 0.152. The van der Waals surface area contributed by atoms with Crippen molar-refractivity contribution in [1.29, 1.82) is 0 Å². The van der Waals surface area contributed by atoms with Gasteiger partial charge < -0.3 is 10.1 Å². The number of alkyl halides is 3. The molecule has 33 heavy (non-hydrogen) atoms. The quantitative estimate of drug-likeness (QED) is 0.394. The minimum atomic E-state index is -4.45. The Morgan fingerprint density at radius 1 is 1.15 bits per heavy atom. The molecule has 0 spiro atoms. The first-order valence-corrected chi connectivity index (χ1v) is 11.1. The summed E-state index contributed by atoms with van der Waals surface area (Å²) in [6, 6.07) is 15.3. The maximum absolute atomic E-state index is 13.0. The van der Waals surface area contributed by atoms with Crippen molar-refractivity contribution in [3.63, 3.8) is 0 Å². The summed E-state index contributed by atoms with van der Waals surface area (Å²) in [6.45, 7) is 0.897. The van der Waals surface area contributed by atoms with Crippen LogP contribution in [0, 0.1) is 0 Å². The fraction of sp³-hybridized carbons (Fsp3) is 0.333. The number of carbonyl (C=O) groups is 1. The molecule has 174 valence electrons. The number of halogens is 4. The van der Waals surface area contributed by atoms with E-state index in [0.717, 1.165) is 24.5 Å². The molecule has 1 heterocycles. The molecule has 1 amide bonds. The van der Waals surface area contributed by atoms with Gasteiger partial charge in [0.2, 0.25) is 0 Å². The number of aromatic nitrogens is 2. The summed E-state index contributed by atoms with van der Waals surface area (Å²) in [5.41, 5.74) is 1.06. The second-order valence-corrected chi connectivity index (χ2v) is 8.39. The lowest BCUT2D eigenvalue weighted by Crippen LogP contribution is -2.25. The average Bonchev–Trinajstić information content (AvgIpc) is 3.54. The van der Waals surface area contributed by atoms with Gasteiger partial charge >= 0.3 is 6.18 Å². The van der Waals surface area contributed by atoms with Gasteiger partial charge in [-0.15, -0.1) is 0 Å². The highest BCUT2D eigenvalue weighted by atomic mass is 35.5. The van der Waals surface area contributed by atoms with Crippen LogP contribution >= 0.6 is 11.6 Å². The zero-order valence-electron chi connectivity index (χ0n) is 17.7. The van der Waals surface area contributed by atoms with E-state index in [1.807, 2.05) is 18.2 Å². The molecule has 1 N–H and O–H groups in total. The fourth-order valence-electron chi connectivity index (χ4n) is 3.51. The topological polar surface area (TPSA) is 56.2 Å². The first-order valence-electron chi connectivity index (χ1n) is 10.7.